The lowest BCUT2D eigenvalue weighted by atomic mass is 10.1. The van der Waals surface area contributed by atoms with Gasteiger partial charge in [0.15, 0.2) is 5.65 Å². The molecule has 3 heterocycles. The van der Waals surface area contributed by atoms with Gasteiger partial charge >= 0.3 is 0 Å². The molecule has 1 atom stereocenters. The lowest BCUT2D eigenvalue weighted by Crippen LogP contribution is -2.14. The molecule has 1 aliphatic rings. The normalized spacial score (nSPS) is 26.2. The van der Waals surface area contributed by atoms with Gasteiger partial charge in [0.05, 0.1) is 10.9 Å². The van der Waals surface area contributed by atoms with Crippen molar-refractivity contribution in [3.05, 3.63) is 18.3 Å². The number of hydrogen-bond donors (Lipinski definition) is 1. The van der Waals surface area contributed by atoms with Gasteiger partial charge in [-0.15, -0.1) is 11.8 Å². The van der Waals surface area contributed by atoms with E-state index >= 15 is 0 Å². The first-order chi connectivity index (χ1) is 7.28. The van der Waals surface area contributed by atoms with E-state index in [9.17, 15) is 0 Å². The number of nitrogens with one attached hydrogen (secondary N) is 1. The Morgan fingerprint density at radius 3 is 3.20 bits per heavy atom. The number of aromatic nitrogens is 4. The number of aromatic amines is 1. The molecule has 1 unspecified atom stereocenters. The molecular formula is C10H12N4S. The maximum absolute atomic E-state index is 4.54. The van der Waals surface area contributed by atoms with E-state index in [1.807, 2.05) is 11.8 Å². The van der Waals surface area contributed by atoms with E-state index in [1.165, 1.54) is 24.9 Å². The molecule has 2 aromatic rings. The van der Waals surface area contributed by atoms with Crippen LogP contribution in [0.25, 0.3) is 11.2 Å². The third-order valence-corrected chi connectivity index (χ3v) is 4.41. The van der Waals surface area contributed by atoms with E-state index in [-0.39, 0.29) is 4.75 Å². The fraction of sp³-hybridized carbons (Fsp3) is 0.500. The van der Waals surface area contributed by atoms with Crippen LogP contribution in [-0.4, -0.2) is 25.7 Å². The summed E-state index contributed by atoms with van der Waals surface area (Å²) in [6.07, 6.45) is 5.77. The minimum absolute atomic E-state index is 0.140. The second-order valence-corrected chi connectivity index (χ2v) is 5.63. The zero-order valence-corrected chi connectivity index (χ0v) is 9.34. The molecule has 0 amide bonds. The Labute approximate surface area is 91.9 Å². The molecule has 0 aromatic carbocycles. The van der Waals surface area contributed by atoms with Gasteiger partial charge in [-0.1, -0.05) is 0 Å². The van der Waals surface area contributed by atoms with Crippen LogP contribution in [-0.2, 0) is 4.75 Å². The highest BCUT2D eigenvalue weighted by atomic mass is 32.2. The number of fused-ring (bicyclic) bond motifs is 1. The summed E-state index contributed by atoms with van der Waals surface area (Å²) in [6.45, 7) is 2.25. The van der Waals surface area contributed by atoms with Crippen molar-refractivity contribution in [1.82, 2.24) is 19.9 Å². The number of thioether (sulfide) groups is 1. The minimum atomic E-state index is 0.140. The van der Waals surface area contributed by atoms with Crippen LogP contribution in [0, 0.1) is 0 Å². The molecule has 0 saturated carbocycles. The number of hydrogen-bond acceptors (Lipinski definition) is 4. The Bertz CT molecular complexity index is 454. The molecule has 5 heteroatoms. The number of H-pyrrole nitrogens is 1. The Hall–Kier alpha value is -1.10. The molecule has 0 aliphatic carbocycles. The molecule has 0 radical (unpaired) electrons. The summed E-state index contributed by atoms with van der Waals surface area (Å²) in [5.41, 5.74) is 1.70. The third-order valence-electron chi connectivity index (χ3n) is 2.88. The van der Waals surface area contributed by atoms with Gasteiger partial charge in [-0.25, -0.2) is 15.0 Å². The third kappa shape index (κ3) is 1.42. The molecular weight excluding hydrogens is 208 g/mol. The molecule has 1 aliphatic heterocycles. The standard InChI is InChI=1S/C10H12N4S/c1-10(3-2-4-15-10)9-13-7-5-11-6-12-8(7)14-9/h5-6H,2-4H2,1H3,(H,11,12,13,14). The van der Waals surface area contributed by atoms with Gasteiger partial charge in [-0.2, -0.15) is 0 Å². The molecule has 1 saturated heterocycles. The molecule has 1 N–H and O–H groups in total. The van der Waals surface area contributed by atoms with E-state index in [0.29, 0.717) is 0 Å². The van der Waals surface area contributed by atoms with Crippen LogP contribution in [0.15, 0.2) is 12.5 Å². The predicted octanol–water partition coefficient (Wildman–Crippen LogP) is 2.10. The van der Waals surface area contributed by atoms with Gasteiger partial charge in [0.25, 0.3) is 0 Å². The van der Waals surface area contributed by atoms with E-state index in [4.69, 9.17) is 0 Å². The Kier molecular flexibility index (Phi) is 1.95. The number of imidazole rings is 1. The molecule has 3 rings (SSSR count). The highest BCUT2D eigenvalue weighted by molar-refractivity contribution is 8.00. The zero-order chi connectivity index (χ0) is 10.3. The maximum Gasteiger partial charge on any atom is 0.180 e. The van der Waals surface area contributed by atoms with Crippen molar-refractivity contribution < 1.29 is 0 Å². The summed E-state index contributed by atoms with van der Waals surface area (Å²) in [4.78, 5) is 16.0. The zero-order valence-electron chi connectivity index (χ0n) is 8.53. The van der Waals surface area contributed by atoms with Gasteiger partial charge in [0.1, 0.15) is 17.7 Å². The fourth-order valence-electron chi connectivity index (χ4n) is 1.98. The van der Waals surface area contributed by atoms with Crippen LogP contribution in [0.5, 0.6) is 0 Å². The monoisotopic (exact) mass is 220 g/mol. The van der Waals surface area contributed by atoms with Crippen molar-refractivity contribution in [1.29, 1.82) is 0 Å². The number of rotatable bonds is 1. The summed E-state index contributed by atoms with van der Waals surface area (Å²) in [6, 6.07) is 0. The first-order valence-electron chi connectivity index (χ1n) is 5.08. The first-order valence-corrected chi connectivity index (χ1v) is 6.07. The van der Waals surface area contributed by atoms with Crippen molar-refractivity contribution in [2.75, 3.05) is 5.75 Å². The van der Waals surface area contributed by atoms with Crippen LogP contribution in [0.1, 0.15) is 25.6 Å². The summed E-state index contributed by atoms with van der Waals surface area (Å²) < 4.78 is 0.140. The van der Waals surface area contributed by atoms with Gasteiger partial charge in [0.2, 0.25) is 0 Å². The van der Waals surface area contributed by atoms with Crippen molar-refractivity contribution in [3.63, 3.8) is 0 Å². The Morgan fingerprint density at radius 1 is 1.53 bits per heavy atom. The lowest BCUT2D eigenvalue weighted by molar-refractivity contribution is 0.614. The second-order valence-electron chi connectivity index (χ2n) is 4.03. The molecule has 4 nitrogen and oxygen atoms in total. The molecule has 1 fully saturated rings. The Morgan fingerprint density at radius 2 is 2.47 bits per heavy atom. The van der Waals surface area contributed by atoms with Crippen LogP contribution < -0.4 is 0 Å². The minimum Gasteiger partial charge on any atom is -0.338 e. The molecule has 15 heavy (non-hydrogen) atoms. The van der Waals surface area contributed by atoms with Crippen molar-refractivity contribution >= 4 is 22.9 Å². The molecule has 2 aromatic heterocycles. The average molecular weight is 220 g/mol. The summed E-state index contributed by atoms with van der Waals surface area (Å²) in [7, 11) is 0. The van der Waals surface area contributed by atoms with Gasteiger partial charge in [-0.3, -0.25) is 0 Å². The molecule has 0 bridgehead atoms. The van der Waals surface area contributed by atoms with Crippen molar-refractivity contribution in [3.8, 4) is 0 Å². The number of nitrogens with zero attached hydrogens (tertiary/aromatic N) is 3. The van der Waals surface area contributed by atoms with Crippen molar-refractivity contribution in [2.45, 2.75) is 24.5 Å². The summed E-state index contributed by atoms with van der Waals surface area (Å²) in [5.74, 6) is 2.26. The first kappa shape index (κ1) is 9.15. The average Bonchev–Trinajstić information content (AvgIpc) is 2.84. The highest BCUT2D eigenvalue weighted by Crippen LogP contribution is 2.45. The topological polar surface area (TPSA) is 54.5 Å². The van der Waals surface area contributed by atoms with Crippen molar-refractivity contribution in [2.24, 2.45) is 0 Å². The van der Waals surface area contributed by atoms with E-state index in [1.54, 1.807) is 6.20 Å². The summed E-state index contributed by atoms with van der Waals surface area (Å²) in [5, 5.41) is 0. The van der Waals surface area contributed by atoms with Gasteiger partial charge in [-0.05, 0) is 25.5 Å². The molecule has 0 spiro atoms. The summed E-state index contributed by atoms with van der Waals surface area (Å²) >= 11 is 1.97. The largest absolute Gasteiger partial charge is 0.338 e. The van der Waals surface area contributed by atoms with Crippen LogP contribution in [0.4, 0.5) is 0 Å². The molecule has 78 valence electrons. The highest BCUT2D eigenvalue weighted by Gasteiger charge is 2.34. The predicted molar refractivity (Wildman–Crippen MR) is 60.7 cm³/mol. The smallest absolute Gasteiger partial charge is 0.180 e. The quantitative estimate of drug-likeness (QED) is 0.799. The fourth-order valence-corrected chi connectivity index (χ4v) is 3.24. The van der Waals surface area contributed by atoms with Crippen LogP contribution in [0.2, 0.25) is 0 Å². The maximum atomic E-state index is 4.54. The van der Waals surface area contributed by atoms with E-state index in [2.05, 4.69) is 26.9 Å². The van der Waals surface area contributed by atoms with Gasteiger partial charge < -0.3 is 4.98 Å². The lowest BCUT2D eigenvalue weighted by Gasteiger charge is -2.18. The Balaban J connectivity index is 2.11. The van der Waals surface area contributed by atoms with E-state index < -0.39 is 0 Å². The van der Waals surface area contributed by atoms with Gasteiger partial charge in [0, 0.05) is 0 Å². The second kappa shape index (κ2) is 3.20. The van der Waals surface area contributed by atoms with E-state index in [0.717, 1.165) is 17.0 Å². The van der Waals surface area contributed by atoms with Crippen LogP contribution in [0.3, 0.4) is 0 Å². The van der Waals surface area contributed by atoms with Crippen LogP contribution >= 0.6 is 11.8 Å². The SMILES string of the molecule is CC1(c2nc3ncncc3[nH]2)CCCS1.